The average Bonchev–Trinajstić information content (AvgIpc) is 2.47. The van der Waals surface area contributed by atoms with Crippen LogP contribution < -0.4 is 14.9 Å². The van der Waals surface area contributed by atoms with E-state index in [2.05, 4.69) is 0 Å². The highest BCUT2D eigenvalue weighted by Gasteiger charge is 2.32. The van der Waals surface area contributed by atoms with E-state index in [9.17, 15) is 0 Å². The van der Waals surface area contributed by atoms with Crippen LogP contribution in [0.5, 0.6) is 11.5 Å². The van der Waals surface area contributed by atoms with Crippen LogP contribution in [0.4, 0.5) is 0 Å². The SMILES string of the molecule is COCOc1cccc([B-](OC)(OC)OC)c1OC. The van der Waals surface area contributed by atoms with Crippen molar-refractivity contribution in [1.82, 2.24) is 0 Å². The number of hydrogen-bond donors (Lipinski definition) is 0. The van der Waals surface area contributed by atoms with E-state index in [-0.39, 0.29) is 6.79 Å². The summed E-state index contributed by atoms with van der Waals surface area (Å²) < 4.78 is 31.8. The highest BCUT2D eigenvalue weighted by Crippen LogP contribution is 2.27. The van der Waals surface area contributed by atoms with E-state index >= 15 is 0 Å². The highest BCUT2D eigenvalue weighted by molar-refractivity contribution is 6.76. The minimum atomic E-state index is -2.08. The van der Waals surface area contributed by atoms with E-state index < -0.39 is 6.75 Å². The van der Waals surface area contributed by atoms with Crippen LogP contribution in [-0.2, 0) is 18.7 Å². The molecule has 0 aliphatic rings. The second-order valence-corrected chi connectivity index (χ2v) is 3.78. The summed E-state index contributed by atoms with van der Waals surface area (Å²) in [4.78, 5) is 0. The van der Waals surface area contributed by atoms with Crippen LogP contribution in [0.2, 0.25) is 0 Å². The van der Waals surface area contributed by atoms with E-state index in [1.807, 2.05) is 0 Å². The molecule has 7 heteroatoms. The fourth-order valence-electron chi connectivity index (χ4n) is 1.94. The number of rotatable bonds is 8. The van der Waals surface area contributed by atoms with Crippen molar-refractivity contribution >= 4 is 12.2 Å². The molecule has 1 rings (SSSR count). The number of para-hydroxylation sites is 1. The summed E-state index contributed by atoms with van der Waals surface area (Å²) in [6.07, 6.45) is 0. The molecule has 0 aliphatic heterocycles. The molecular weight excluding hydrogens is 251 g/mol. The molecule has 0 aromatic heterocycles. The van der Waals surface area contributed by atoms with Crippen LogP contribution in [0.1, 0.15) is 0 Å². The molecule has 0 fully saturated rings. The molecular formula is C12H20BO6-. The van der Waals surface area contributed by atoms with Gasteiger partial charge in [0.05, 0.1) is 7.11 Å². The molecule has 1 aromatic carbocycles. The summed E-state index contributed by atoms with van der Waals surface area (Å²) in [5.74, 6) is 1.02. The summed E-state index contributed by atoms with van der Waals surface area (Å²) in [7, 11) is 7.61. The van der Waals surface area contributed by atoms with E-state index in [1.165, 1.54) is 21.3 Å². The van der Waals surface area contributed by atoms with Crippen LogP contribution >= 0.6 is 0 Å². The van der Waals surface area contributed by atoms with Gasteiger partial charge in [-0.2, -0.15) is 0 Å². The van der Waals surface area contributed by atoms with Gasteiger partial charge in [-0.05, 0) is 27.4 Å². The first-order chi connectivity index (χ1) is 9.18. The molecule has 0 amide bonds. The topological polar surface area (TPSA) is 55.4 Å². The number of methoxy groups -OCH3 is 2. The Morgan fingerprint density at radius 2 is 1.58 bits per heavy atom. The zero-order valence-electron chi connectivity index (χ0n) is 12.0. The van der Waals surface area contributed by atoms with Gasteiger partial charge in [0.1, 0.15) is 5.75 Å². The molecule has 0 unspecified atom stereocenters. The predicted octanol–water partition coefficient (Wildman–Crippen LogP) is 0.763. The van der Waals surface area contributed by atoms with Crippen LogP contribution in [0.3, 0.4) is 0 Å². The number of hydrogen-bond acceptors (Lipinski definition) is 6. The van der Waals surface area contributed by atoms with Gasteiger partial charge in [-0.25, -0.2) is 0 Å². The van der Waals surface area contributed by atoms with Crippen molar-refractivity contribution in [3.8, 4) is 11.5 Å². The lowest BCUT2D eigenvalue weighted by molar-refractivity contribution is 0.0491. The Hall–Kier alpha value is -1.28. The van der Waals surface area contributed by atoms with Crippen LogP contribution in [-0.4, -0.2) is 49.1 Å². The average molecular weight is 271 g/mol. The quantitative estimate of drug-likeness (QED) is 0.514. The largest absolute Gasteiger partial charge is 0.543 e. The van der Waals surface area contributed by atoms with E-state index in [0.717, 1.165) is 0 Å². The maximum atomic E-state index is 5.44. The molecule has 0 aliphatic carbocycles. The summed E-state index contributed by atoms with van der Waals surface area (Å²) in [5, 5.41) is 0. The zero-order valence-corrected chi connectivity index (χ0v) is 12.0. The minimum absolute atomic E-state index is 0.118. The lowest BCUT2D eigenvalue weighted by Gasteiger charge is -2.38. The van der Waals surface area contributed by atoms with Crippen molar-refractivity contribution < 1.29 is 28.2 Å². The third kappa shape index (κ3) is 3.19. The first-order valence-corrected chi connectivity index (χ1v) is 5.77. The minimum Gasteiger partial charge on any atom is -0.543 e. The zero-order chi connectivity index (χ0) is 14.3. The van der Waals surface area contributed by atoms with Gasteiger partial charge >= 0.3 is 6.75 Å². The Balaban J connectivity index is 3.26. The summed E-state index contributed by atoms with van der Waals surface area (Å²) in [5.41, 5.74) is 0.628. The number of benzene rings is 1. The van der Waals surface area contributed by atoms with E-state index in [4.69, 9.17) is 28.2 Å². The fourth-order valence-corrected chi connectivity index (χ4v) is 1.94. The standard InChI is InChI=1S/C12H20BO6/c1-14-9-19-11-8-6-7-10(12(11)15-2)13(16-3,17-4)18-5/h6-8H,9H2,1-5H3/q-1. The molecule has 6 nitrogen and oxygen atoms in total. The Bertz CT molecular complexity index is 386. The highest BCUT2D eigenvalue weighted by atomic mass is 16.7. The third-order valence-corrected chi connectivity index (χ3v) is 2.86. The molecule has 19 heavy (non-hydrogen) atoms. The monoisotopic (exact) mass is 271 g/mol. The lowest BCUT2D eigenvalue weighted by Crippen LogP contribution is -2.55. The van der Waals surface area contributed by atoms with Crippen LogP contribution in [0.15, 0.2) is 18.2 Å². The van der Waals surface area contributed by atoms with Crippen LogP contribution in [0.25, 0.3) is 0 Å². The molecule has 108 valence electrons. The molecule has 0 N–H and O–H groups in total. The summed E-state index contributed by atoms with van der Waals surface area (Å²) in [6, 6.07) is 5.37. The molecule has 0 heterocycles. The molecule has 0 saturated carbocycles. The van der Waals surface area contributed by atoms with Gasteiger partial charge in [-0.15, -0.1) is 0 Å². The van der Waals surface area contributed by atoms with Gasteiger partial charge in [0.2, 0.25) is 0 Å². The summed E-state index contributed by atoms with van der Waals surface area (Å²) >= 11 is 0. The fraction of sp³-hybridized carbons (Fsp3) is 0.500. The lowest BCUT2D eigenvalue weighted by atomic mass is 9.68. The molecule has 0 radical (unpaired) electrons. The summed E-state index contributed by atoms with van der Waals surface area (Å²) in [6.45, 7) is -1.96. The Kier molecular flexibility index (Phi) is 6.10. The molecule has 0 saturated heterocycles. The molecule has 0 spiro atoms. The molecule has 1 aromatic rings. The Labute approximate surface area is 113 Å². The van der Waals surface area contributed by atoms with Crippen molar-refractivity contribution in [3.05, 3.63) is 18.2 Å². The predicted molar refractivity (Wildman–Crippen MR) is 71.9 cm³/mol. The van der Waals surface area contributed by atoms with E-state index in [0.29, 0.717) is 17.0 Å². The van der Waals surface area contributed by atoms with Crippen molar-refractivity contribution in [3.63, 3.8) is 0 Å². The smallest absolute Gasteiger partial charge is 0.412 e. The first-order valence-electron chi connectivity index (χ1n) is 5.77. The third-order valence-electron chi connectivity index (χ3n) is 2.86. The van der Waals surface area contributed by atoms with Gasteiger partial charge in [-0.1, -0.05) is 17.6 Å². The normalized spacial score (nSPS) is 11.4. The van der Waals surface area contributed by atoms with Gasteiger partial charge in [0, 0.05) is 7.11 Å². The van der Waals surface area contributed by atoms with Crippen molar-refractivity contribution in [2.45, 2.75) is 0 Å². The first kappa shape index (κ1) is 15.8. The van der Waals surface area contributed by atoms with Gasteiger partial charge < -0.3 is 28.2 Å². The second-order valence-electron chi connectivity index (χ2n) is 3.78. The number of ether oxygens (including phenoxy) is 3. The van der Waals surface area contributed by atoms with Gasteiger partial charge in [0.15, 0.2) is 12.5 Å². The maximum Gasteiger partial charge on any atom is 0.412 e. The molecule has 0 bridgehead atoms. The van der Waals surface area contributed by atoms with Crippen molar-refractivity contribution in [2.24, 2.45) is 0 Å². The second kappa shape index (κ2) is 7.35. The van der Waals surface area contributed by atoms with Crippen molar-refractivity contribution in [1.29, 1.82) is 0 Å². The van der Waals surface area contributed by atoms with Gasteiger partial charge in [-0.3, -0.25) is 0 Å². The van der Waals surface area contributed by atoms with Crippen LogP contribution in [0, 0.1) is 0 Å². The Morgan fingerprint density at radius 3 is 2.05 bits per heavy atom. The molecule has 0 atom stereocenters. The van der Waals surface area contributed by atoms with E-state index in [1.54, 1.807) is 32.4 Å². The maximum absolute atomic E-state index is 5.44. The Morgan fingerprint density at radius 1 is 0.947 bits per heavy atom. The van der Waals surface area contributed by atoms with Crippen molar-refractivity contribution in [2.75, 3.05) is 42.3 Å². The van der Waals surface area contributed by atoms with Gasteiger partial charge in [0.25, 0.3) is 0 Å².